The van der Waals surface area contributed by atoms with Crippen molar-refractivity contribution in [3.05, 3.63) is 18.0 Å². The standard InChI is InChI=1S/C17H22N4O4/c22-14(11-1-2-11)21-10-17(9-13(21)16(24)25)4-7-20(8-5-17)15(23)12-3-6-18-19-12/h3,6,11,13H,1-2,4-5,7-10H2,(H,18,19)(H,24,25)/t13-/m1/s1. The summed E-state index contributed by atoms with van der Waals surface area (Å²) in [6.45, 7) is 1.66. The summed E-state index contributed by atoms with van der Waals surface area (Å²) in [7, 11) is 0. The molecule has 2 saturated heterocycles. The van der Waals surface area contributed by atoms with Crippen LogP contribution in [0.2, 0.25) is 0 Å². The Hall–Kier alpha value is -2.38. The van der Waals surface area contributed by atoms with Gasteiger partial charge in [0, 0.05) is 31.7 Å². The van der Waals surface area contributed by atoms with Crippen molar-refractivity contribution in [1.82, 2.24) is 20.0 Å². The number of hydrogen-bond donors (Lipinski definition) is 2. The smallest absolute Gasteiger partial charge is 0.326 e. The molecule has 134 valence electrons. The van der Waals surface area contributed by atoms with Gasteiger partial charge in [-0.1, -0.05) is 0 Å². The molecule has 8 nitrogen and oxygen atoms in total. The number of aromatic amines is 1. The summed E-state index contributed by atoms with van der Waals surface area (Å²) in [5.41, 5.74) is 0.287. The van der Waals surface area contributed by atoms with Crippen LogP contribution in [-0.4, -0.2) is 68.6 Å². The van der Waals surface area contributed by atoms with Crippen molar-refractivity contribution in [3.8, 4) is 0 Å². The summed E-state index contributed by atoms with van der Waals surface area (Å²) in [5, 5.41) is 16.0. The third-order valence-corrected chi connectivity index (χ3v) is 5.85. The van der Waals surface area contributed by atoms with Gasteiger partial charge < -0.3 is 14.9 Å². The number of carbonyl (C=O) groups is 3. The van der Waals surface area contributed by atoms with E-state index in [4.69, 9.17) is 0 Å². The quantitative estimate of drug-likeness (QED) is 0.839. The number of nitrogens with one attached hydrogen (secondary N) is 1. The summed E-state index contributed by atoms with van der Waals surface area (Å²) in [4.78, 5) is 39.9. The number of carbonyl (C=O) groups excluding carboxylic acids is 2. The predicted octanol–water partition coefficient (Wildman–Crippen LogP) is 0.728. The molecule has 2 aliphatic heterocycles. The molecule has 1 aromatic rings. The maximum absolute atomic E-state index is 12.5. The molecule has 1 aromatic heterocycles. The number of carboxylic acid groups (broad SMARTS) is 1. The van der Waals surface area contributed by atoms with Gasteiger partial charge in [0.25, 0.3) is 5.91 Å². The third kappa shape index (κ3) is 2.89. The van der Waals surface area contributed by atoms with Gasteiger partial charge in [-0.3, -0.25) is 14.7 Å². The average Bonchev–Trinajstić information content (AvgIpc) is 3.17. The molecule has 25 heavy (non-hydrogen) atoms. The lowest BCUT2D eigenvalue weighted by atomic mass is 9.76. The second-order valence-electron chi connectivity index (χ2n) is 7.56. The van der Waals surface area contributed by atoms with Crippen LogP contribution in [0.4, 0.5) is 0 Å². The van der Waals surface area contributed by atoms with E-state index in [1.165, 1.54) is 0 Å². The SMILES string of the molecule is O=C(O)[C@H]1CC2(CCN(C(=O)c3ccn[nH]3)CC2)CN1C(=O)C1CC1. The first kappa shape index (κ1) is 16.1. The fourth-order valence-corrected chi connectivity index (χ4v) is 4.17. The Morgan fingerprint density at radius 2 is 1.96 bits per heavy atom. The fraction of sp³-hybridized carbons (Fsp3) is 0.647. The monoisotopic (exact) mass is 346 g/mol. The van der Waals surface area contributed by atoms with Gasteiger partial charge >= 0.3 is 5.97 Å². The van der Waals surface area contributed by atoms with Crippen molar-refractivity contribution in [2.75, 3.05) is 19.6 Å². The van der Waals surface area contributed by atoms with Crippen LogP contribution in [0, 0.1) is 11.3 Å². The van der Waals surface area contributed by atoms with Crippen LogP contribution in [-0.2, 0) is 9.59 Å². The largest absolute Gasteiger partial charge is 0.480 e. The lowest BCUT2D eigenvalue weighted by molar-refractivity contribution is -0.148. The van der Waals surface area contributed by atoms with E-state index in [1.807, 2.05) is 0 Å². The van der Waals surface area contributed by atoms with Crippen LogP contribution in [0.25, 0.3) is 0 Å². The van der Waals surface area contributed by atoms with Gasteiger partial charge in [-0.15, -0.1) is 0 Å². The van der Waals surface area contributed by atoms with E-state index in [9.17, 15) is 19.5 Å². The molecular weight excluding hydrogens is 324 g/mol. The van der Waals surface area contributed by atoms with E-state index in [0.29, 0.717) is 31.7 Å². The van der Waals surface area contributed by atoms with Crippen LogP contribution in [0.3, 0.4) is 0 Å². The van der Waals surface area contributed by atoms with Gasteiger partial charge in [-0.25, -0.2) is 4.79 Å². The number of nitrogens with zero attached hydrogens (tertiary/aromatic N) is 3. The zero-order valence-electron chi connectivity index (χ0n) is 14.0. The highest BCUT2D eigenvalue weighted by atomic mass is 16.4. The van der Waals surface area contributed by atoms with E-state index < -0.39 is 12.0 Å². The van der Waals surface area contributed by atoms with Gasteiger partial charge in [0.15, 0.2) is 0 Å². The third-order valence-electron chi connectivity index (χ3n) is 5.85. The molecule has 1 atom stereocenters. The van der Waals surface area contributed by atoms with Crippen LogP contribution in [0.1, 0.15) is 42.6 Å². The highest BCUT2D eigenvalue weighted by Crippen LogP contribution is 2.45. The molecule has 8 heteroatoms. The summed E-state index contributed by atoms with van der Waals surface area (Å²) in [6, 6.07) is 0.932. The molecule has 1 saturated carbocycles. The minimum atomic E-state index is -0.915. The van der Waals surface area contributed by atoms with Gasteiger partial charge in [0.1, 0.15) is 11.7 Å². The Labute approximate surface area is 145 Å². The lowest BCUT2D eigenvalue weighted by Crippen LogP contribution is -2.45. The highest BCUT2D eigenvalue weighted by Gasteiger charge is 2.52. The Morgan fingerprint density at radius 3 is 2.52 bits per heavy atom. The molecule has 3 heterocycles. The van der Waals surface area contributed by atoms with E-state index in [-0.39, 0.29) is 23.1 Å². The number of H-pyrrole nitrogens is 1. The molecular formula is C17H22N4O4. The fourth-order valence-electron chi connectivity index (χ4n) is 4.17. The van der Waals surface area contributed by atoms with E-state index >= 15 is 0 Å². The normalized spacial score (nSPS) is 25.4. The van der Waals surface area contributed by atoms with Crippen molar-refractivity contribution in [1.29, 1.82) is 0 Å². The molecule has 2 N–H and O–H groups in total. The van der Waals surface area contributed by atoms with Crippen molar-refractivity contribution < 1.29 is 19.5 Å². The van der Waals surface area contributed by atoms with Crippen LogP contribution >= 0.6 is 0 Å². The van der Waals surface area contributed by atoms with Crippen molar-refractivity contribution in [2.24, 2.45) is 11.3 Å². The van der Waals surface area contributed by atoms with Crippen LogP contribution < -0.4 is 0 Å². The van der Waals surface area contributed by atoms with Gasteiger partial charge in [-0.2, -0.15) is 5.10 Å². The Bertz CT molecular complexity index is 690. The second-order valence-corrected chi connectivity index (χ2v) is 7.56. The number of aromatic nitrogens is 2. The summed E-state index contributed by atoms with van der Waals surface area (Å²) in [6.07, 6.45) is 5.25. The predicted molar refractivity (Wildman–Crippen MR) is 86.6 cm³/mol. The molecule has 3 aliphatic rings. The molecule has 1 aliphatic carbocycles. The molecule has 3 fully saturated rings. The van der Waals surface area contributed by atoms with E-state index in [0.717, 1.165) is 25.7 Å². The van der Waals surface area contributed by atoms with Crippen molar-refractivity contribution in [3.63, 3.8) is 0 Å². The summed E-state index contributed by atoms with van der Waals surface area (Å²) in [5.74, 6) is -0.966. The zero-order chi connectivity index (χ0) is 17.6. The lowest BCUT2D eigenvalue weighted by Gasteiger charge is -2.39. The Balaban J connectivity index is 1.44. The number of carboxylic acids is 1. The Morgan fingerprint density at radius 1 is 1.24 bits per heavy atom. The number of aliphatic carboxylic acids is 1. The van der Waals surface area contributed by atoms with E-state index in [2.05, 4.69) is 10.2 Å². The molecule has 0 unspecified atom stereocenters. The first-order chi connectivity index (χ1) is 12.0. The maximum atomic E-state index is 12.5. The van der Waals surface area contributed by atoms with Gasteiger partial charge in [-0.05, 0) is 43.6 Å². The van der Waals surface area contributed by atoms with E-state index in [1.54, 1.807) is 22.1 Å². The molecule has 2 amide bonds. The van der Waals surface area contributed by atoms with Gasteiger partial charge in [0.2, 0.25) is 5.91 Å². The number of amides is 2. The Kier molecular flexibility index (Phi) is 3.77. The maximum Gasteiger partial charge on any atom is 0.326 e. The van der Waals surface area contributed by atoms with Gasteiger partial charge in [0.05, 0.1) is 0 Å². The van der Waals surface area contributed by atoms with Crippen LogP contribution in [0.5, 0.6) is 0 Å². The number of hydrogen-bond acceptors (Lipinski definition) is 4. The highest BCUT2D eigenvalue weighted by molar-refractivity contribution is 5.92. The molecule has 0 radical (unpaired) electrons. The number of rotatable bonds is 3. The number of piperidine rings is 1. The minimum Gasteiger partial charge on any atom is -0.480 e. The van der Waals surface area contributed by atoms with Crippen LogP contribution in [0.15, 0.2) is 12.3 Å². The zero-order valence-corrected chi connectivity index (χ0v) is 14.0. The topological polar surface area (TPSA) is 107 Å². The first-order valence-corrected chi connectivity index (χ1v) is 8.81. The van der Waals surface area contributed by atoms with Crippen molar-refractivity contribution in [2.45, 2.75) is 38.1 Å². The minimum absolute atomic E-state index is 0.000223. The molecule has 1 spiro atoms. The summed E-state index contributed by atoms with van der Waals surface area (Å²) < 4.78 is 0. The second kappa shape index (κ2) is 5.86. The number of likely N-dealkylation sites (tertiary alicyclic amines) is 2. The first-order valence-electron chi connectivity index (χ1n) is 8.81. The average molecular weight is 346 g/mol. The molecule has 4 rings (SSSR count). The molecule has 0 aromatic carbocycles. The summed E-state index contributed by atoms with van der Waals surface area (Å²) >= 11 is 0. The van der Waals surface area contributed by atoms with Crippen molar-refractivity contribution >= 4 is 17.8 Å². The molecule has 0 bridgehead atoms.